The van der Waals surface area contributed by atoms with Crippen molar-refractivity contribution >= 4 is 29.6 Å². The summed E-state index contributed by atoms with van der Waals surface area (Å²) in [5.41, 5.74) is 0. The minimum atomic E-state index is -0.565. The number of halogens is 1. The van der Waals surface area contributed by atoms with E-state index in [0.717, 1.165) is 18.2 Å². The first-order chi connectivity index (χ1) is 4.20. The van der Waals surface area contributed by atoms with Gasteiger partial charge in [-0.3, -0.25) is 0 Å². The van der Waals surface area contributed by atoms with Crippen molar-refractivity contribution in [2.24, 2.45) is 0 Å². The van der Waals surface area contributed by atoms with Gasteiger partial charge in [0.05, 0.1) is 0 Å². The minimum Gasteiger partial charge on any atom is -0.504 e. The fraction of sp³-hybridized carbons (Fsp3) is 0. The molecule has 49 valence electrons. The summed E-state index contributed by atoms with van der Waals surface area (Å²) in [4.78, 5) is 0. The van der Waals surface area contributed by atoms with Crippen LogP contribution in [0.4, 0.5) is 4.39 Å². The molecule has 0 bridgehead atoms. The summed E-state index contributed by atoms with van der Waals surface area (Å²) in [5.74, 6) is -1.31. The van der Waals surface area contributed by atoms with Crippen molar-refractivity contribution in [1.29, 1.82) is 0 Å². The Morgan fingerprint density at radius 1 is 1.10 bits per heavy atom. The molecule has 0 aliphatic heterocycles. The van der Waals surface area contributed by atoms with Crippen LogP contribution in [0.2, 0.25) is 0 Å². The topological polar surface area (TPSA) is 40.5 Å². The van der Waals surface area contributed by atoms with Crippen LogP contribution >= 0.6 is 0 Å². The minimum absolute atomic E-state index is 0. The Morgan fingerprint density at radius 2 is 1.70 bits per heavy atom. The number of phenolic OH excluding ortho intramolecular Hbond substituents is 2. The number of hydrogen-bond acceptors (Lipinski definition) is 2. The SMILES string of the molecule is Oc1ccc(F)cc1O.[Na]. The van der Waals surface area contributed by atoms with Crippen molar-refractivity contribution in [3.8, 4) is 11.5 Å². The van der Waals surface area contributed by atoms with Gasteiger partial charge in [-0.2, -0.15) is 0 Å². The molecular weight excluding hydrogens is 146 g/mol. The zero-order valence-corrected chi connectivity index (χ0v) is 7.50. The van der Waals surface area contributed by atoms with Crippen molar-refractivity contribution in [3.05, 3.63) is 24.0 Å². The molecule has 4 heteroatoms. The molecule has 0 heterocycles. The van der Waals surface area contributed by atoms with Crippen molar-refractivity contribution in [2.45, 2.75) is 0 Å². The Labute approximate surface area is 79.6 Å². The number of benzene rings is 1. The summed E-state index contributed by atoms with van der Waals surface area (Å²) in [5, 5.41) is 17.2. The third kappa shape index (κ3) is 2.17. The van der Waals surface area contributed by atoms with E-state index in [4.69, 9.17) is 10.2 Å². The summed E-state index contributed by atoms with van der Waals surface area (Å²) in [6.45, 7) is 0. The molecular formula is C6H5FNaO2. The molecule has 2 nitrogen and oxygen atoms in total. The Bertz CT molecular complexity index is 227. The van der Waals surface area contributed by atoms with Crippen LogP contribution in [0.15, 0.2) is 18.2 Å². The molecule has 0 amide bonds. The van der Waals surface area contributed by atoms with Gasteiger partial charge in [0.25, 0.3) is 0 Å². The molecule has 0 saturated carbocycles. The van der Waals surface area contributed by atoms with Crippen LogP contribution in [0.3, 0.4) is 0 Å². The molecule has 1 radical (unpaired) electrons. The van der Waals surface area contributed by atoms with Crippen LogP contribution in [-0.2, 0) is 0 Å². The summed E-state index contributed by atoms with van der Waals surface area (Å²) in [7, 11) is 0. The zero-order valence-electron chi connectivity index (χ0n) is 5.50. The first kappa shape index (κ1) is 9.75. The largest absolute Gasteiger partial charge is 0.504 e. The molecule has 2 N–H and O–H groups in total. The van der Waals surface area contributed by atoms with E-state index in [1.807, 2.05) is 0 Å². The molecule has 0 saturated heterocycles. The molecule has 0 fully saturated rings. The van der Waals surface area contributed by atoms with Crippen LogP contribution in [0, 0.1) is 5.82 Å². The maximum atomic E-state index is 12.1. The summed E-state index contributed by atoms with van der Waals surface area (Å²) >= 11 is 0. The van der Waals surface area contributed by atoms with E-state index in [2.05, 4.69) is 0 Å². The number of rotatable bonds is 0. The van der Waals surface area contributed by atoms with Gasteiger partial charge >= 0.3 is 0 Å². The first-order valence-electron chi connectivity index (χ1n) is 2.37. The molecule has 1 aromatic carbocycles. The van der Waals surface area contributed by atoms with Crippen LogP contribution in [-0.4, -0.2) is 39.8 Å². The van der Waals surface area contributed by atoms with Crippen LogP contribution in [0.25, 0.3) is 0 Å². The fourth-order valence-corrected chi connectivity index (χ4v) is 0.497. The van der Waals surface area contributed by atoms with Crippen LogP contribution in [0.1, 0.15) is 0 Å². The van der Waals surface area contributed by atoms with Crippen molar-refractivity contribution in [1.82, 2.24) is 0 Å². The Hall–Kier alpha value is -0.250. The van der Waals surface area contributed by atoms with Gasteiger partial charge in [-0.25, -0.2) is 4.39 Å². The summed E-state index contributed by atoms with van der Waals surface area (Å²) in [6.07, 6.45) is 0. The standard InChI is InChI=1S/C6H5FO2.Na/c7-4-1-2-5(8)6(9)3-4;/h1-3,8-9H;. The maximum absolute atomic E-state index is 12.1. The molecule has 0 atom stereocenters. The third-order valence-corrected chi connectivity index (χ3v) is 0.937. The second-order valence-corrected chi connectivity index (χ2v) is 1.63. The number of aromatic hydroxyl groups is 2. The number of phenols is 2. The Balaban J connectivity index is 0.000000810. The summed E-state index contributed by atoms with van der Waals surface area (Å²) < 4.78 is 12.1. The van der Waals surface area contributed by atoms with Gasteiger partial charge in [-0.1, -0.05) is 0 Å². The van der Waals surface area contributed by atoms with Gasteiger partial charge in [0, 0.05) is 35.6 Å². The van der Waals surface area contributed by atoms with Gasteiger partial charge in [-0.05, 0) is 12.1 Å². The zero-order chi connectivity index (χ0) is 6.85. The van der Waals surface area contributed by atoms with Gasteiger partial charge in [0.15, 0.2) is 11.5 Å². The quantitative estimate of drug-likeness (QED) is 0.426. The van der Waals surface area contributed by atoms with E-state index in [9.17, 15) is 4.39 Å². The molecule has 0 aliphatic rings. The van der Waals surface area contributed by atoms with E-state index in [0.29, 0.717) is 0 Å². The fourth-order valence-electron chi connectivity index (χ4n) is 0.497. The van der Waals surface area contributed by atoms with E-state index in [1.54, 1.807) is 0 Å². The average Bonchev–Trinajstić information content (AvgIpc) is 1.80. The molecule has 0 aromatic heterocycles. The van der Waals surface area contributed by atoms with Crippen molar-refractivity contribution in [2.75, 3.05) is 0 Å². The van der Waals surface area contributed by atoms with Crippen molar-refractivity contribution < 1.29 is 14.6 Å². The van der Waals surface area contributed by atoms with E-state index < -0.39 is 11.6 Å². The van der Waals surface area contributed by atoms with Gasteiger partial charge in [0.2, 0.25) is 0 Å². The average molecular weight is 151 g/mol. The monoisotopic (exact) mass is 151 g/mol. The first-order valence-corrected chi connectivity index (χ1v) is 2.37. The smallest absolute Gasteiger partial charge is 0.160 e. The predicted octanol–water partition coefficient (Wildman–Crippen LogP) is 0.856. The van der Waals surface area contributed by atoms with E-state index >= 15 is 0 Å². The van der Waals surface area contributed by atoms with Gasteiger partial charge in [0.1, 0.15) is 5.82 Å². The van der Waals surface area contributed by atoms with Crippen LogP contribution < -0.4 is 0 Å². The third-order valence-electron chi connectivity index (χ3n) is 0.937. The predicted molar refractivity (Wildman–Crippen MR) is 35.5 cm³/mol. The molecule has 0 aliphatic carbocycles. The second kappa shape index (κ2) is 3.81. The van der Waals surface area contributed by atoms with Gasteiger partial charge in [-0.15, -0.1) is 0 Å². The molecule has 0 spiro atoms. The van der Waals surface area contributed by atoms with Crippen LogP contribution in [0.5, 0.6) is 11.5 Å². The molecule has 1 aromatic rings. The number of hydrogen-bond donors (Lipinski definition) is 2. The Morgan fingerprint density at radius 3 is 2.10 bits per heavy atom. The van der Waals surface area contributed by atoms with E-state index in [1.165, 1.54) is 0 Å². The molecule has 1 rings (SSSR count). The van der Waals surface area contributed by atoms with Crippen molar-refractivity contribution in [3.63, 3.8) is 0 Å². The van der Waals surface area contributed by atoms with Gasteiger partial charge < -0.3 is 10.2 Å². The maximum Gasteiger partial charge on any atom is 0.160 e. The molecule has 10 heavy (non-hydrogen) atoms. The summed E-state index contributed by atoms with van der Waals surface area (Å²) in [6, 6.07) is 3.00. The second-order valence-electron chi connectivity index (χ2n) is 1.63. The normalized spacial score (nSPS) is 8.50. The Kier molecular flexibility index (Phi) is 3.71. The molecule has 0 unspecified atom stereocenters. The van der Waals surface area contributed by atoms with E-state index in [-0.39, 0.29) is 35.3 Å².